The third-order valence-corrected chi connectivity index (χ3v) is 3.81. The molecule has 4 nitrogen and oxygen atoms in total. The Morgan fingerprint density at radius 2 is 2.33 bits per heavy atom. The van der Waals surface area contributed by atoms with E-state index in [4.69, 9.17) is 5.73 Å². The van der Waals surface area contributed by atoms with Gasteiger partial charge in [0.2, 0.25) is 0 Å². The van der Waals surface area contributed by atoms with Gasteiger partial charge in [-0.25, -0.2) is 4.98 Å². The molecule has 2 aromatic rings. The van der Waals surface area contributed by atoms with Gasteiger partial charge in [0, 0.05) is 31.5 Å². The van der Waals surface area contributed by atoms with Gasteiger partial charge in [0.1, 0.15) is 5.82 Å². The molecule has 3 rings (SSSR count). The zero-order valence-corrected chi connectivity index (χ0v) is 10.4. The highest BCUT2D eigenvalue weighted by molar-refractivity contribution is 5.49. The molecule has 94 valence electrons. The minimum atomic E-state index is -0.803. The smallest absolute Gasteiger partial charge is 0.111 e. The second-order valence-electron chi connectivity index (χ2n) is 5.08. The largest absolute Gasteiger partial charge is 0.399 e. The number of aryl methyl sites for hydroxylation is 2. The molecule has 1 heterocycles. The SMILES string of the molecule is Cn1ccnc1CC1(O)CCc2cc(N)ccc21. The maximum Gasteiger partial charge on any atom is 0.111 e. The third kappa shape index (κ3) is 1.69. The first-order valence-corrected chi connectivity index (χ1v) is 6.16. The lowest BCUT2D eigenvalue weighted by Gasteiger charge is -2.23. The molecule has 18 heavy (non-hydrogen) atoms. The van der Waals surface area contributed by atoms with E-state index in [0.717, 1.165) is 35.5 Å². The molecule has 1 aromatic heterocycles. The Bertz CT molecular complexity index is 590. The van der Waals surface area contributed by atoms with Gasteiger partial charge >= 0.3 is 0 Å². The number of aliphatic hydroxyl groups is 1. The summed E-state index contributed by atoms with van der Waals surface area (Å²) < 4.78 is 1.95. The number of imidazole rings is 1. The quantitative estimate of drug-likeness (QED) is 0.783. The van der Waals surface area contributed by atoms with Gasteiger partial charge in [0.25, 0.3) is 0 Å². The van der Waals surface area contributed by atoms with E-state index < -0.39 is 5.60 Å². The minimum Gasteiger partial charge on any atom is -0.399 e. The third-order valence-electron chi connectivity index (χ3n) is 3.81. The number of nitrogens with zero attached hydrogens (tertiary/aromatic N) is 2. The predicted octanol–water partition coefficient (Wildman–Crippen LogP) is 1.38. The van der Waals surface area contributed by atoms with Crippen LogP contribution in [0.25, 0.3) is 0 Å². The van der Waals surface area contributed by atoms with Crippen LogP contribution in [-0.2, 0) is 25.5 Å². The van der Waals surface area contributed by atoms with Crippen molar-refractivity contribution in [1.82, 2.24) is 9.55 Å². The molecule has 1 aliphatic rings. The van der Waals surface area contributed by atoms with Crippen molar-refractivity contribution in [3.8, 4) is 0 Å². The molecule has 0 saturated carbocycles. The van der Waals surface area contributed by atoms with Gasteiger partial charge in [0.15, 0.2) is 0 Å². The number of aromatic nitrogens is 2. The van der Waals surface area contributed by atoms with Gasteiger partial charge in [-0.15, -0.1) is 0 Å². The van der Waals surface area contributed by atoms with Crippen molar-refractivity contribution in [3.05, 3.63) is 47.5 Å². The van der Waals surface area contributed by atoms with Crippen LogP contribution in [0, 0.1) is 0 Å². The molecule has 1 aliphatic carbocycles. The Morgan fingerprint density at radius 1 is 1.50 bits per heavy atom. The number of nitrogens with two attached hydrogens (primary N) is 1. The van der Waals surface area contributed by atoms with Gasteiger partial charge < -0.3 is 15.4 Å². The molecule has 0 saturated heterocycles. The van der Waals surface area contributed by atoms with Gasteiger partial charge in [0.05, 0.1) is 5.60 Å². The summed E-state index contributed by atoms with van der Waals surface area (Å²) in [5.41, 5.74) is 7.90. The first kappa shape index (κ1) is 11.3. The average molecular weight is 243 g/mol. The Hall–Kier alpha value is -1.81. The predicted molar refractivity (Wildman–Crippen MR) is 70.0 cm³/mol. The summed E-state index contributed by atoms with van der Waals surface area (Å²) in [6, 6.07) is 5.76. The molecular formula is C14H17N3O. The molecule has 0 radical (unpaired) electrons. The molecule has 4 heteroatoms. The van der Waals surface area contributed by atoms with Crippen LogP contribution >= 0.6 is 0 Å². The second kappa shape index (κ2) is 3.85. The van der Waals surface area contributed by atoms with Crippen LogP contribution in [0.2, 0.25) is 0 Å². The Labute approximate surface area is 106 Å². The standard InChI is InChI=1S/C14H17N3O/c1-17-7-6-16-13(17)9-14(18)5-4-10-8-11(15)2-3-12(10)14/h2-3,6-8,18H,4-5,9,15H2,1H3. The number of nitrogen functional groups attached to an aromatic ring is 1. The van der Waals surface area contributed by atoms with Crippen LogP contribution in [0.3, 0.4) is 0 Å². The molecule has 0 spiro atoms. The van der Waals surface area contributed by atoms with Crippen molar-refractivity contribution >= 4 is 5.69 Å². The number of fused-ring (bicyclic) bond motifs is 1. The average Bonchev–Trinajstić information content (AvgIpc) is 2.85. The molecule has 3 N–H and O–H groups in total. The summed E-state index contributed by atoms with van der Waals surface area (Å²) >= 11 is 0. The van der Waals surface area contributed by atoms with E-state index in [1.165, 1.54) is 0 Å². The molecule has 1 aromatic carbocycles. The fourth-order valence-electron chi connectivity index (χ4n) is 2.76. The Kier molecular flexibility index (Phi) is 2.41. The first-order chi connectivity index (χ1) is 8.58. The highest BCUT2D eigenvalue weighted by Gasteiger charge is 2.37. The minimum absolute atomic E-state index is 0.549. The number of benzene rings is 1. The number of hydrogen-bond donors (Lipinski definition) is 2. The monoisotopic (exact) mass is 243 g/mol. The highest BCUT2D eigenvalue weighted by Crippen LogP contribution is 2.39. The lowest BCUT2D eigenvalue weighted by molar-refractivity contribution is 0.0363. The van der Waals surface area contributed by atoms with Crippen molar-refractivity contribution in [2.24, 2.45) is 7.05 Å². The van der Waals surface area contributed by atoms with Crippen molar-refractivity contribution < 1.29 is 5.11 Å². The summed E-state index contributed by atoms with van der Waals surface area (Å²) in [6.45, 7) is 0. The molecule has 0 aliphatic heterocycles. The van der Waals surface area contributed by atoms with Crippen LogP contribution in [0.1, 0.15) is 23.4 Å². The van der Waals surface area contributed by atoms with Gasteiger partial charge in [-0.3, -0.25) is 0 Å². The second-order valence-corrected chi connectivity index (χ2v) is 5.08. The normalized spacial score (nSPS) is 22.1. The molecule has 0 amide bonds. The van der Waals surface area contributed by atoms with E-state index in [-0.39, 0.29) is 0 Å². The van der Waals surface area contributed by atoms with E-state index >= 15 is 0 Å². The first-order valence-electron chi connectivity index (χ1n) is 6.16. The molecular weight excluding hydrogens is 226 g/mol. The highest BCUT2D eigenvalue weighted by atomic mass is 16.3. The van der Waals surface area contributed by atoms with Crippen LogP contribution < -0.4 is 5.73 Å². The maximum absolute atomic E-state index is 10.8. The van der Waals surface area contributed by atoms with E-state index in [1.807, 2.05) is 36.0 Å². The molecule has 0 fully saturated rings. The Balaban J connectivity index is 1.97. The maximum atomic E-state index is 10.8. The zero-order valence-electron chi connectivity index (χ0n) is 10.4. The fraction of sp³-hybridized carbons (Fsp3) is 0.357. The van der Waals surface area contributed by atoms with Crippen molar-refractivity contribution in [2.45, 2.75) is 24.9 Å². The van der Waals surface area contributed by atoms with E-state index in [1.54, 1.807) is 6.20 Å². The van der Waals surface area contributed by atoms with E-state index in [0.29, 0.717) is 6.42 Å². The van der Waals surface area contributed by atoms with Crippen LogP contribution in [0.4, 0.5) is 5.69 Å². The van der Waals surface area contributed by atoms with Gasteiger partial charge in [-0.05, 0) is 36.1 Å². The lowest BCUT2D eigenvalue weighted by atomic mass is 9.92. The van der Waals surface area contributed by atoms with Crippen LogP contribution in [-0.4, -0.2) is 14.7 Å². The molecule has 1 unspecified atom stereocenters. The van der Waals surface area contributed by atoms with Gasteiger partial charge in [-0.2, -0.15) is 0 Å². The Morgan fingerprint density at radius 3 is 3.06 bits per heavy atom. The zero-order chi connectivity index (χ0) is 12.8. The molecule has 0 bridgehead atoms. The number of rotatable bonds is 2. The summed E-state index contributed by atoms with van der Waals surface area (Å²) in [7, 11) is 1.95. The summed E-state index contributed by atoms with van der Waals surface area (Å²) in [6.07, 6.45) is 5.82. The number of hydrogen-bond acceptors (Lipinski definition) is 3. The van der Waals surface area contributed by atoms with Crippen molar-refractivity contribution in [3.63, 3.8) is 0 Å². The lowest BCUT2D eigenvalue weighted by Crippen LogP contribution is -2.26. The fourth-order valence-corrected chi connectivity index (χ4v) is 2.76. The number of anilines is 1. The summed E-state index contributed by atoms with van der Waals surface area (Å²) in [5, 5.41) is 10.8. The summed E-state index contributed by atoms with van der Waals surface area (Å²) in [4.78, 5) is 4.29. The van der Waals surface area contributed by atoms with Crippen molar-refractivity contribution in [1.29, 1.82) is 0 Å². The van der Waals surface area contributed by atoms with Crippen LogP contribution in [0.5, 0.6) is 0 Å². The van der Waals surface area contributed by atoms with Crippen molar-refractivity contribution in [2.75, 3.05) is 5.73 Å². The van der Waals surface area contributed by atoms with Crippen LogP contribution in [0.15, 0.2) is 30.6 Å². The topological polar surface area (TPSA) is 64.1 Å². The van der Waals surface area contributed by atoms with Gasteiger partial charge in [-0.1, -0.05) is 6.07 Å². The summed E-state index contributed by atoms with van der Waals surface area (Å²) in [5.74, 6) is 0.905. The molecule has 1 atom stereocenters. The van der Waals surface area contributed by atoms with E-state index in [2.05, 4.69) is 4.98 Å². The van der Waals surface area contributed by atoms with E-state index in [9.17, 15) is 5.11 Å².